The predicted molar refractivity (Wildman–Crippen MR) is 83.0 cm³/mol. The van der Waals surface area contributed by atoms with Crippen LogP contribution in [-0.4, -0.2) is 21.8 Å². The molecule has 106 valence electrons. The first kappa shape index (κ1) is 14.7. The third kappa shape index (κ3) is 3.45. The molecule has 3 nitrogen and oxygen atoms in total. The molecule has 1 aromatic carbocycles. The van der Waals surface area contributed by atoms with Gasteiger partial charge < -0.3 is 4.90 Å². The van der Waals surface area contributed by atoms with E-state index < -0.39 is 0 Å². The van der Waals surface area contributed by atoms with Gasteiger partial charge in [0, 0.05) is 18.0 Å². The van der Waals surface area contributed by atoms with Gasteiger partial charge in [0.25, 0.3) is 5.91 Å². The Bertz CT molecular complexity index is 604. The summed E-state index contributed by atoms with van der Waals surface area (Å²) in [6.07, 6.45) is 0. The lowest BCUT2D eigenvalue weighted by atomic mass is 10.1. The number of carbonyl (C=O) groups is 1. The number of nitrogens with zero attached hydrogens (tertiary/aromatic N) is 2. The van der Waals surface area contributed by atoms with Gasteiger partial charge in [-0.3, -0.25) is 4.79 Å². The van der Waals surface area contributed by atoms with Crippen LogP contribution in [0.5, 0.6) is 0 Å². The van der Waals surface area contributed by atoms with Crippen LogP contribution in [-0.2, 0) is 6.54 Å². The molecule has 0 bridgehead atoms. The lowest BCUT2D eigenvalue weighted by Gasteiger charge is -2.26. The highest BCUT2D eigenvalue weighted by Gasteiger charge is 2.21. The van der Waals surface area contributed by atoms with Crippen molar-refractivity contribution in [2.75, 3.05) is 0 Å². The number of hydrogen-bond donors (Lipinski definition) is 0. The number of aryl methyl sites for hydroxylation is 2. The lowest BCUT2D eigenvalue weighted by molar-refractivity contribution is 0.0685. The van der Waals surface area contributed by atoms with E-state index in [1.165, 1.54) is 16.9 Å². The fourth-order valence-electron chi connectivity index (χ4n) is 2.10. The summed E-state index contributed by atoms with van der Waals surface area (Å²) in [5.74, 6) is 0.00542. The zero-order valence-electron chi connectivity index (χ0n) is 12.4. The van der Waals surface area contributed by atoms with Crippen molar-refractivity contribution in [3.8, 4) is 0 Å². The Hall–Kier alpha value is -1.68. The van der Waals surface area contributed by atoms with Crippen LogP contribution in [0.2, 0.25) is 0 Å². The largest absolute Gasteiger partial charge is 0.331 e. The van der Waals surface area contributed by atoms with Crippen molar-refractivity contribution in [3.05, 3.63) is 51.5 Å². The maximum atomic E-state index is 12.6. The summed E-state index contributed by atoms with van der Waals surface area (Å²) in [7, 11) is 0. The molecule has 4 heteroatoms. The summed E-state index contributed by atoms with van der Waals surface area (Å²) in [6, 6.07) is 8.41. The number of thiazole rings is 1. The Morgan fingerprint density at radius 2 is 2.10 bits per heavy atom. The van der Waals surface area contributed by atoms with Crippen molar-refractivity contribution in [2.24, 2.45) is 0 Å². The molecule has 2 rings (SSSR count). The maximum absolute atomic E-state index is 12.6. The van der Waals surface area contributed by atoms with E-state index in [-0.39, 0.29) is 11.9 Å². The van der Waals surface area contributed by atoms with Gasteiger partial charge in [-0.15, -0.1) is 11.3 Å². The van der Waals surface area contributed by atoms with Gasteiger partial charge in [0.2, 0.25) is 0 Å². The average molecular weight is 288 g/mol. The molecule has 0 unspecified atom stereocenters. The molecule has 0 saturated heterocycles. The van der Waals surface area contributed by atoms with Gasteiger partial charge in [-0.1, -0.05) is 29.8 Å². The standard InChI is InChI=1S/C16H20N2OS/c1-11(2)18(9-14-7-5-6-12(3)8-14)16(19)15-10-20-13(4)17-15/h5-8,10-11H,9H2,1-4H3. The van der Waals surface area contributed by atoms with Crippen molar-refractivity contribution >= 4 is 17.2 Å². The Labute approximate surface area is 124 Å². The van der Waals surface area contributed by atoms with Crippen LogP contribution >= 0.6 is 11.3 Å². The highest BCUT2D eigenvalue weighted by molar-refractivity contribution is 7.09. The second-order valence-corrected chi connectivity index (χ2v) is 6.33. The smallest absolute Gasteiger partial charge is 0.273 e. The highest BCUT2D eigenvalue weighted by Crippen LogP contribution is 2.16. The molecule has 20 heavy (non-hydrogen) atoms. The van der Waals surface area contributed by atoms with Gasteiger partial charge in [0.1, 0.15) is 5.69 Å². The second-order valence-electron chi connectivity index (χ2n) is 5.27. The molecule has 1 heterocycles. The Morgan fingerprint density at radius 3 is 2.65 bits per heavy atom. The highest BCUT2D eigenvalue weighted by atomic mass is 32.1. The quantitative estimate of drug-likeness (QED) is 0.857. The molecule has 0 N–H and O–H groups in total. The molecule has 0 spiro atoms. The number of carbonyl (C=O) groups excluding carboxylic acids is 1. The molecule has 2 aromatic rings. The van der Waals surface area contributed by atoms with E-state index in [2.05, 4.69) is 30.1 Å². The molecule has 0 aliphatic carbocycles. The summed E-state index contributed by atoms with van der Waals surface area (Å²) in [5, 5.41) is 2.76. The van der Waals surface area contributed by atoms with E-state index in [4.69, 9.17) is 0 Å². The third-order valence-electron chi connectivity index (χ3n) is 3.16. The Morgan fingerprint density at radius 1 is 1.35 bits per heavy atom. The summed E-state index contributed by atoms with van der Waals surface area (Å²) in [6.45, 7) is 8.67. The van der Waals surface area contributed by atoms with Crippen molar-refractivity contribution in [1.29, 1.82) is 0 Å². The molecule has 0 aliphatic rings. The minimum atomic E-state index is 0.00542. The van der Waals surface area contributed by atoms with Crippen LogP contribution in [0.4, 0.5) is 0 Å². The van der Waals surface area contributed by atoms with Gasteiger partial charge in [-0.25, -0.2) is 4.98 Å². The predicted octanol–water partition coefficient (Wildman–Crippen LogP) is 3.81. The first-order valence-electron chi connectivity index (χ1n) is 6.76. The first-order chi connectivity index (χ1) is 9.47. The molecule has 0 saturated carbocycles. The van der Waals surface area contributed by atoms with Crippen LogP contribution in [0.15, 0.2) is 29.6 Å². The van der Waals surface area contributed by atoms with Gasteiger partial charge >= 0.3 is 0 Å². The SMILES string of the molecule is Cc1cccc(CN(C(=O)c2csc(C)n2)C(C)C)c1. The molecular weight excluding hydrogens is 268 g/mol. The van der Waals surface area contributed by atoms with Crippen LogP contribution in [0.25, 0.3) is 0 Å². The summed E-state index contributed by atoms with van der Waals surface area (Å²) < 4.78 is 0. The van der Waals surface area contributed by atoms with E-state index in [9.17, 15) is 4.79 Å². The summed E-state index contributed by atoms with van der Waals surface area (Å²) >= 11 is 1.51. The van der Waals surface area contributed by atoms with E-state index in [0.29, 0.717) is 12.2 Å². The normalized spacial score (nSPS) is 10.8. The van der Waals surface area contributed by atoms with Gasteiger partial charge in [-0.05, 0) is 33.3 Å². The van der Waals surface area contributed by atoms with Crippen LogP contribution in [0, 0.1) is 13.8 Å². The summed E-state index contributed by atoms with van der Waals surface area (Å²) in [4.78, 5) is 18.7. The topological polar surface area (TPSA) is 33.2 Å². The zero-order chi connectivity index (χ0) is 14.7. The first-order valence-corrected chi connectivity index (χ1v) is 7.64. The molecule has 0 radical (unpaired) electrons. The monoisotopic (exact) mass is 288 g/mol. The van der Waals surface area contributed by atoms with Crippen molar-refractivity contribution in [1.82, 2.24) is 9.88 Å². The molecule has 1 aromatic heterocycles. The number of aromatic nitrogens is 1. The minimum absolute atomic E-state index is 0.00542. The maximum Gasteiger partial charge on any atom is 0.273 e. The van der Waals surface area contributed by atoms with E-state index in [1.807, 2.05) is 37.1 Å². The zero-order valence-corrected chi connectivity index (χ0v) is 13.2. The average Bonchev–Trinajstić information content (AvgIpc) is 2.82. The third-order valence-corrected chi connectivity index (χ3v) is 3.93. The summed E-state index contributed by atoms with van der Waals surface area (Å²) in [5.41, 5.74) is 2.91. The fourth-order valence-corrected chi connectivity index (χ4v) is 2.69. The molecule has 0 atom stereocenters. The van der Waals surface area contributed by atoms with Crippen LogP contribution < -0.4 is 0 Å². The number of benzene rings is 1. The minimum Gasteiger partial charge on any atom is -0.331 e. The van der Waals surface area contributed by atoms with Crippen molar-refractivity contribution in [3.63, 3.8) is 0 Å². The van der Waals surface area contributed by atoms with Gasteiger partial charge in [0.15, 0.2) is 0 Å². The number of hydrogen-bond acceptors (Lipinski definition) is 3. The van der Waals surface area contributed by atoms with Crippen LogP contribution in [0.3, 0.4) is 0 Å². The lowest BCUT2D eigenvalue weighted by Crippen LogP contribution is -2.36. The van der Waals surface area contributed by atoms with Crippen molar-refractivity contribution < 1.29 is 4.79 Å². The Balaban J connectivity index is 2.21. The van der Waals surface area contributed by atoms with Crippen LogP contribution in [0.1, 0.15) is 40.5 Å². The van der Waals surface area contributed by atoms with Crippen molar-refractivity contribution in [2.45, 2.75) is 40.3 Å². The van der Waals surface area contributed by atoms with E-state index in [1.54, 1.807) is 0 Å². The van der Waals surface area contributed by atoms with E-state index >= 15 is 0 Å². The molecular formula is C16H20N2OS. The number of rotatable bonds is 4. The fraction of sp³-hybridized carbons (Fsp3) is 0.375. The van der Waals surface area contributed by atoms with Gasteiger partial charge in [0.05, 0.1) is 5.01 Å². The number of amides is 1. The van der Waals surface area contributed by atoms with E-state index in [0.717, 1.165) is 10.6 Å². The van der Waals surface area contributed by atoms with Gasteiger partial charge in [-0.2, -0.15) is 0 Å². The molecule has 0 aliphatic heterocycles. The Kier molecular flexibility index (Phi) is 4.55. The second kappa shape index (κ2) is 6.18. The molecule has 1 amide bonds. The molecule has 0 fully saturated rings.